The molecule has 1 atom stereocenters. The smallest absolute Gasteiger partial charge is 0.321 e. The number of nitrogens with zero attached hydrogens (tertiary/aromatic N) is 2. The Kier molecular flexibility index (Phi) is 8.77. The fraction of sp³-hybridized carbons (Fsp3) is 0.300. The highest BCUT2D eigenvalue weighted by atomic mass is 16.5. The van der Waals surface area contributed by atoms with Crippen molar-refractivity contribution >= 4 is 28.9 Å². The second-order valence-electron chi connectivity index (χ2n) is 6.03. The van der Waals surface area contributed by atoms with Crippen molar-refractivity contribution in [3.05, 3.63) is 54.6 Å². The molecule has 3 N–H and O–H groups in total. The molecule has 0 bridgehead atoms. The third-order valence-electron chi connectivity index (χ3n) is 3.79. The number of carboxylic acids is 1. The molecule has 0 aliphatic rings. The van der Waals surface area contributed by atoms with Gasteiger partial charge in [0.2, 0.25) is 5.91 Å². The Hall–Kier alpha value is -3.10. The number of rotatable bonds is 11. The van der Waals surface area contributed by atoms with Crippen LogP contribution in [0.3, 0.4) is 0 Å². The Morgan fingerprint density at radius 2 is 1.68 bits per heavy atom. The first kappa shape index (κ1) is 21.2. The second-order valence-corrected chi connectivity index (χ2v) is 6.03. The van der Waals surface area contributed by atoms with Crippen molar-refractivity contribution in [1.82, 2.24) is 5.32 Å². The van der Waals surface area contributed by atoms with Gasteiger partial charge in [-0.3, -0.25) is 9.59 Å². The van der Waals surface area contributed by atoms with E-state index in [2.05, 4.69) is 20.9 Å². The van der Waals surface area contributed by atoms with Gasteiger partial charge in [0.1, 0.15) is 6.04 Å². The van der Waals surface area contributed by atoms with E-state index in [4.69, 9.17) is 4.74 Å². The van der Waals surface area contributed by atoms with E-state index in [1.54, 1.807) is 31.4 Å². The van der Waals surface area contributed by atoms with Crippen LogP contribution in [0.2, 0.25) is 0 Å². The number of aliphatic carboxylic acids is 1. The first-order valence-corrected chi connectivity index (χ1v) is 8.90. The molecule has 1 amide bonds. The molecule has 8 nitrogen and oxygen atoms in total. The summed E-state index contributed by atoms with van der Waals surface area (Å²) in [6.07, 6.45) is 0.499. The summed E-state index contributed by atoms with van der Waals surface area (Å²) in [5.74, 6) is -1.45. The maximum atomic E-state index is 12.1. The number of methoxy groups -OCH3 is 1. The predicted octanol–water partition coefficient (Wildman–Crippen LogP) is 3.51. The van der Waals surface area contributed by atoms with E-state index in [1.807, 2.05) is 30.3 Å². The molecule has 0 aliphatic carbocycles. The van der Waals surface area contributed by atoms with Crippen LogP contribution in [0.4, 0.5) is 17.1 Å². The molecule has 0 aromatic heterocycles. The van der Waals surface area contributed by atoms with Gasteiger partial charge < -0.3 is 20.5 Å². The molecular formula is C20H24N4O4. The number of carbonyl (C=O) groups is 2. The van der Waals surface area contributed by atoms with Crippen molar-refractivity contribution in [2.75, 3.05) is 25.6 Å². The van der Waals surface area contributed by atoms with Gasteiger partial charge in [-0.25, -0.2) is 0 Å². The fourth-order valence-electron chi connectivity index (χ4n) is 2.36. The van der Waals surface area contributed by atoms with Crippen molar-refractivity contribution in [3.63, 3.8) is 0 Å². The Bertz CT molecular complexity index is 779. The summed E-state index contributed by atoms with van der Waals surface area (Å²) in [4.78, 5) is 23.4. The normalized spacial score (nSPS) is 12.0. The molecule has 2 aromatic carbocycles. The number of carbonyl (C=O) groups excluding carboxylic acids is 1. The molecule has 0 spiro atoms. The zero-order valence-electron chi connectivity index (χ0n) is 15.7. The Morgan fingerprint density at radius 1 is 1.04 bits per heavy atom. The highest BCUT2D eigenvalue weighted by molar-refractivity contribution is 5.94. The molecule has 0 radical (unpaired) electrons. The summed E-state index contributed by atoms with van der Waals surface area (Å²) in [5, 5.41) is 23.0. The van der Waals surface area contributed by atoms with Crippen LogP contribution < -0.4 is 10.6 Å². The lowest BCUT2D eigenvalue weighted by Crippen LogP contribution is -2.40. The van der Waals surface area contributed by atoms with Crippen LogP contribution in [0.1, 0.15) is 12.8 Å². The summed E-state index contributed by atoms with van der Waals surface area (Å²) in [7, 11) is 1.58. The van der Waals surface area contributed by atoms with Crippen LogP contribution in [0.25, 0.3) is 0 Å². The lowest BCUT2D eigenvalue weighted by atomic mass is 10.2. The van der Waals surface area contributed by atoms with Crippen molar-refractivity contribution in [1.29, 1.82) is 0 Å². The highest BCUT2D eigenvalue weighted by Gasteiger charge is 2.20. The van der Waals surface area contributed by atoms with Crippen molar-refractivity contribution in [2.45, 2.75) is 18.9 Å². The molecule has 0 saturated heterocycles. The van der Waals surface area contributed by atoms with Gasteiger partial charge in [-0.05, 0) is 49.4 Å². The molecule has 0 aliphatic heterocycles. The second kappa shape index (κ2) is 11.6. The quantitative estimate of drug-likeness (QED) is 0.405. The maximum Gasteiger partial charge on any atom is 0.321 e. The summed E-state index contributed by atoms with van der Waals surface area (Å²) in [6, 6.07) is 15.2. The van der Waals surface area contributed by atoms with Crippen LogP contribution in [-0.2, 0) is 14.3 Å². The molecule has 0 heterocycles. The molecular weight excluding hydrogens is 360 g/mol. The third kappa shape index (κ3) is 7.65. The minimum atomic E-state index is -1.07. The van der Waals surface area contributed by atoms with Gasteiger partial charge >= 0.3 is 5.97 Å². The van der Waals surface area contributed by atoms with Crippen molar-refractivity contribution in [2.24, 2.45) is 10.2 Å². The van der Waals surface area contributed by atoms with Gasteiger partial charge in [0.15, 0.2) is 0 Å². The highest BCUT2D eigenvalue weighted by Crippen LogP contribution is 2.20. The number of carboxylic acid groups (broad SMARTS) is 1. The van der Waals surface area contributed by atoms with Gasteiger partial charge in [0.25, 0.3) is 0 Å². The van der Waals surface area contributed by atoms with Gasteiger partial charge in [0, 0.05) is 19.4 Å². The lowest BCUT2D eigenvalue weighted by molar-refractivity contribution is -0.141. The molecule has 28 heavy (non-hydrogen) atoms. The number of amides is 1. The van der Waals surface area contributed by atoms with E-state index in [0.717, 1.165) is 5.69 Å². The number of ether oxygens (including phenoxy) is 1. The predicted molar refractivity (Wildman–Crippen MR) is 106 cm³/mol. The fourth-order valence-corrected chi connectivity index (χ4v) is 2.36. The zero-order valence-corrected chi connectivity index (χ0v) is 15.7. The van der Waals surface area contributed by atoms with Crippen LogP contribution in [0.5, 0.6) is 0 Å². The Labute approximate surface area is 163 Å². The molecule has 0 fully saturated rings. The van der Waals surface area contributed by atoms with E-state index in [9.17, 15) is 14.7 Å². The van der Waals surface area contributed by atoms with Crippen LogP contribution in [0, 0.1) is 0 Å². The maximum absolute atomic E-state index is 12.1. The average Bonchev–Trinajstić information content (AvgIpc) is 2.70. The third-order valence-corrected chi connectivity index (χ3v) is 3.79. The minimum Gasteiger partial charge on any atom is -0.480 e. The van der Waals surface area contributed by atoms with E-state index < -0.39 is 12.0 Å². The van der Waals surface area contributed by atoms with Crippen molar-refractivity contribution < 1.29 is 19.4 Å². The summed E-state index contributed by atoms with van der Waals surface area (Å²) in [6.45, 7) is 0.985. The molecule has 2 aromatic rings. The van der Waals surface area contributed by atoms with E-state index in [1.165, 1.54) is 0 Å². The number of benzene rings is 2. The SMILES string of the molecule is COCCCNC(CC(=O)Nc1ccc(N=Nc2ccccc2)cc1)C(=O)O. The largest absolute Gasteiger partial charge is 0.480 e. The molecule has 1 unspecified atom stereocenters. The number of azo groups is 1. The Balaban J connectivity index is 1.85. The van der Waals surface area contributed by atoms with E-state index in [0.29, 0.717) is 30.9 Å². The summed E-state index contributed by atoms with van der Waals surface area (Å²) >= 11 is 0. The van der Waals surface area contributed by atoms with Gasteiger partial charge in [-0.15, -0.1) is 0 Å². The topological polar surface area (TPSA) is 112 Å². The van der Waals surface area contributed by atoms with Crippen LogP contribution in [0.15, 0.2) is 64.8 Å². The molecule has 8 heteroatoms. The number of nitrogens with one attached hydrogen (secondary N) is 2. The van der Waals surface area contributed by atoms with E-state index >= 15 is 0 Å². The van der Waals surface area contributed by atoms with Gasteiger partial charge in [0.05, 0.1) is 17.8 Å². The molecule has 2 rings (SSSR count). The lowest BCUT2D eigenvalue weighted by Gasteiger charge is -2.14. The van der Waals surface area contributed by atoms with Crippen molar-refractivity contribution in [3.8, 4) is 0 Å². The average molecular weight is 384 g/mol. The van der Waals surface area contributed by atoms with Gasteiger partial charge in [-0.1, -0.05) is 18.2 Å². The molecule has 148 valence electrons. The first-order chi connectivity index (χ1) is 13.6. The Morgan fingerprint density at radius 3 is 2.29 bits per heavy atom. The first-order valence-electron chi connectivity index (χ1n) is 8.90. The monoisotopic (exact) mass is 384 g/mol. The number of anilines is 1. The number of hydrogen-bond donors (Lipinski definition) is 3. The van der Waals surface area contributed by atoms with E-state index in [-0.39, 0.29) is 12.3 Å². The standard InChI is InChI=1S/C20H24N4O4/c1-28-13-5-12-21-18(20(26)27)14-19(25)22-15-8-10-17(11-9-15)24-23-16-6-3-2-4-7-16/h2-4,6-11,18,21H,5,12-14H2,1H3,(H,22,25)(H,26,27). The zero-order chi connectivity index (χ0) is 20.2. The molecule has 0 saturated carbocycles. The summed E-state index contributed by atoms with van der Waals surface area (Å²) < 4.78 is 4.92. The van der Waals surface area contributed by atoms with Crippen LogP contribution in [-0.4, -0.2) is 43.3 Å². The minimum absolute atomic E-state index is 0.169. The number of hydrogen-bond acceptors (Lipinski definition) is 6. The van der Waals surface area contributed by atoms with Crippen LogP contribution >= 0.6 is 0 Å². The summed E-state index contributed by atoms with van der Waals surface area (Å²) in [5.41, 5.74) is 1.95. The van der Waals surface area contributed by atoms with Gasteiger partial charge in [-0.2, -0.15) is 10.2 Å².